The Balaban J connectivity index is 4.06. The highest BCUT2D eigenvalue weighted by molar-refractivity contribution is 5.87. The summed E-state index contributed by atoms with van der Waals surface area (Å²) in [6.07, 6.45) is 9.66. The average molecular weight is 250 g/mol. The molecule has 0 rings (SSSR count). The summed E-state index contributed by atoms with van der Waals surface area (Å²) in [4.78, 5) is 10.8. The smallest absolute Gasteiger partial charge is 0.152 e. The third-order valence-corrected chi connectivity index (χ3v) is 3.12. The third-order valence-electron chi connectivity index (χ3n) is 3.12. The van der Waals surface area contributed by atoms with Gasteiger partial charge < -0.3 is 0 Å². The molecule has 0 aromatic carbocycles. The van der Waals surface area contributed by atoms with Crippen LogP contribution in [0.15, 0.2) is 23.8 Å². The molecule has 0 bridgehead atoms. The summed E-state index contributed by atoms with van der Waals surface area (Å²) in [5, 5.41) is 0. The highest BCUT2D eigenvalue weighted by Crippen LogP contribution is 2.20. The summed E-state index contributed by atoms with van der Waals surface area (Å²) in [6.45, 7) is 12.8. The summed E-state index contributed by atoms with van der Waals surface area (Å²) in [7, 11) is 0. The molecule has 0 saturated heterocycles. The van der Waals surface area contributed by atoms with Crippen LogP contribution in [0, 0.1) is 17.8 Å². The van der Waals surface area contributed by atoms with Gasteiger partial charge in [-0.15, -0.1) is 0 Å². The summed E-state index contributed by atoms with van der Waals surface area (Å²) in [5.74, 6) is 2.32. The Morgan fingerprint density at radius 2 is 1.61 bits per heavy atom. The maximum Gasteiger partial charge on any atom is 0.152 e. The molecule has 0 aromatic rings. The van der Waals surface area contributed by atoms with E-state index in [9.17, 15) is 4.79 Å². The van der Waals surface area contributed by atoms with Gasteiger partial charge in [0.05, 0.1) is 0 Å². The van der Waals surface area contributed by atoms with E-state index in [1.807, 2.05) is 6.08 Å². The van der Waals surface area contributed by atoms with Gasteiger partial charge in [-0.3, -0.25) is 4.79 Å². The zero-order valence-electron chi connectivity index (χ0n) is 13.0. The van der Waals surface area contributed by atoms with Gasteiger partial charge in [-0.2, -0.15) is 0 Å². The molecule has 1 heteroatoms. The fourth-order valence-corrected chi connectivity index (χ4v) is 2.31. The molecule has 0 heterocycles. The van der Waals surface area contributed by atoms with Crippen LogP contribution in [0.4, 0.5) is 0 Å². The van der Waals surface area contributed by atoms with Gasteiger partial charge >= 0.3 is 0 Å². The Labute approximate surface area is 113 Å². The van der Waals surface area contributed by atoms with Crippen molar-refractivity contribution in [3.05, 3.63) is 23.8 Å². The third kappa shape index (κ3) is 10.3. The molecule has 2 atom stereocenters. The van der Waals surface area contributed by atoms with E-state index in [0.717, 1.165) is 11.8 Å². The van der Waals surface area contributed by atoms with Crippen LogP contribution < -0.4 is 0 Å². The Morgan fingerprint density at radius 3 is 2.11 bits per heavy atom. The molecular weight excluding hydrogens is 220 g/mol. The summed E-state index contributed by atoms with van der Waals surface area (Å²) in [6, 6.07) is 0. The van der Waals surface area contributed by atoms with E-state index < -0.39 is 0 Å². The maximum atomic E-state index is 10.8. The first-order chi connectivity index (χ1) is 8.31. The largest absolute Gasteiger partial charge is 0.295 e. The number of ketones is 1. The van der Waals surface area contributed by atoms with Crippen LogP contribution in [-0.4, -0.2) is 5.78 Å². The van der Waals surface area contributed by atoms with Crippen molar-refractivity contribution in [3.8, 4) is 0 Å². The van der Waals surface area contributed by atoms with Crippen LogP contribution in [0.1, 0.15) is 60.8 Å². The van der Waals surface area contributed by atoms with Crippen molar-refractivity contribution >= 4 is 5.78 Å². The molecule has 104 valence electrons. The zero-order valence-corrected chi connectivity index (χ0v) is 13.0. The van der Waals surface area contributed by atoms with E-state index in [1.54, 1.807) is 13.0 Å². The Hall–Kier alpha value is -0.850. The lowest BCUT2D eigenvalue weighted by molar-refractivity contribution is -0.112. The molecule has 0 saturated carbocycles. The van der Waals surface area contributed by atoms with E-state index in [4.69, 9.17) is 0 Å². The number of hydrogen-bond acceptors (Lipinski definition) is 1. The lowest BCUT2D eigenvalue weighted by Crippen LogP contribution is -2.02. The fraction of sp³-hybridized carbons (Fsp3) is 0.706. The van der Waals surface area contributed by atoms with Crippen LogP contribution in [0.5, 0.6) is 0 Å². The van der Waals surface area contributed by atoms with E-state index in [0.29, 0.717) is 5.92 Å². The molecule has 18 heavy (non-hydrogen) atoms. The van der Waals surface area contributed by atoms with Crippen molar-refractivity contribution in [1.29, 1.82) is 0 Å². The van der Waals surface area contributed by atoms with Gasteiger partial charge in [-0.25, -0.2) is 0 Å². The Morgan fingerprint density at radius 1 is 1.00 bits per heavy atom. The van der Waals surface area contributed by atoms with Gasteiger partial charge in [0.1, 0.15) is 0 Å². The van der Waals surface area contributed by atoms with Gasteiger partial charge in [-0.05, 0) is 50.5 Å². The van der Waals surface area contributed by atoms with Crippen LogP contribution in [-0.2, 0) is 4.79 Å². The minimum Gasteiger partial charge on any atom is -0.295 e. The molecular formula is C17H30O. The van der Waals surface area contributed by atoms with Crippen LogP contribution >= 0.6 is 0 Å². The highest BCUT2D eigenvalue weighted by atomic mass is 16.1. The molecule has 2 unspecified atom stereocenters. The van der Waals surface area contributed by atoms with E-state index >= 15 is 0 Å². The van der Waals surface area contributed by atoms with Crippen molar-refractivity contribution in [1.82, 2.24) is 0 Å². The first kappa shape index (κ1) is 17.2. The Kier molecular flexibility index (Phi) is 8.70. The van der Waals surface area contributed by atoms with Crippen molar-refractivity contribution < 1.29 is 4.79 Å². The van der Waals surface area contributed by atoms with Crippen molar-refractivity contribution in [3.63, 3.8) is 0 Å². The zero-order chi connectivity index (χ0) is 14.1. The van der Waals surface area contributed by atoms with Gasteiger partial charge in [0.25, 0.3) is 0 Å². The number of allylic oxidation sites excluding steroid dienone is 4. The van der Waals surface area contributed by atoms with E-state index in [-0.39, 0.29) is 5.78 Å². The highest BCUT2D eigenvalue weighted by Gasteiger charge is 2.07. The van der Waals surface area contributed by atoms with Crippen LogP contribution in [0.3, 0.4) is 0 Å². The van der Waals surface area contributed by atoms with Crippen LogP contribution in [0.2, 0.25) is 0 Å². The van der Waals surface area contributed by atoms with Crippen molar-refractivity contribution in [2.45, 2.75) is 60.8 Å². The molecule has 0 aliphatic carbocycles. The lowest BCUT2D eigenvalue weighted by Gasteiger charge is -2.15. The first-order valence-corrected chi connectivity index (χ1v) is 7.18. The minimum atomic E-state index is 0.112. The molecule has 0 N–H and O–H groups in total. The second-order valence-corrected chi connectivity index (χ2v) is 6.14. The second-order valence-electron chi connectivity index (χ2n) is 6.14. The molecule has 0 amide bonds. The topological polar surface area (TPSA) is 17.1 Å². The molecule has 0 fully saturated rings. The van der Waals surface area contributed by atoms with Gasteiger partial charge in [0, 0.05) is 0 Å². The molecule has 0 aliphatic heterocycles. The minimum absolute atomic E-state index is 0.112. The summed E-state index contributed by atoms with van der Waals surface area (Å²) >= 11 is 0. The predicted molar refractivity (Wildman–Crippen MR) is 80.6 cm³/mol. The lowest BCUT2D eigenvalue weighted by atomic mass is 9.91. The average Bonchev–Trinajstić information content (AvgIpc) is 2.22. The van der Waals surface area contributed by atoms with E-state index in [2.05, 4.69) is 40.7 Å². The van der Waals surface area contributed by atoms with Crippen molar-refractivity contribution in [2.75, 3.05) is 0 Å². The number of hydrogen-bond donors (Lipinski definition) is 0. The summed E-state index contributed by atoms with van der Waals surface area (Å²) < 4.78 is 0. The standard InChI is InChI=1S/C17H30O/c1-13(2)11-14(3)7-8-15(4)12-16(5)9-10-17(6)18/h9-10,12-15H,7-8,11H2,1-6H3/b10-9+,16-12+. The number of rotatable bonds is 8. The van der Waals surface area contributed by atoms with Crippen LogP contribution in [0.25, 0.3) is 0 Å². The fourth-order valence-electron chi connectivity index (χ4n) is 2.31. The predicted octanol–water partition coefficient (Wildman–Crippen LogP) is 5.18. The molecule has 0 spiro atoms. The SMILES string of the molecule is CC(=O)/C=C/C(C)=C/C(C)CCC(C)CC(C)C. The van der Waals surface area contributed by atoms with E-state index in [1.165, 1.54) is 24.8 Å². The molecule has 0 aromatic heterocycles. The molecule has 1 nitrogen and oxygen atoms in total. The second kappa shape index (κ2) is 9.13. The monoisotopic (exact) mass is 250 g/mol. The van der Waals surface area contributed by atoms with Crippen molar-refractivity contribution in [2.24, 2.45) is 17.8 Å². The number of carbonyl (C=O) groups excluding carboxylic acids is 1. The Bertz CT molecular complexity index is 297. The van der Waals surface area contributed by atoms with Gasteiger partial charge in [0.15, 0.2) is 5.78 Å². The first-order valence-electron chi connectivity index (χ1n) is 7.18. The quantitative estimate of drug-likeness (QED) is 0.428. The molecule has 0 aliphatic rings. The maximum absolute atomic E-state index is 10.8. The molecule has 0 radical (unpaired) electrons. The van der Waals surface area contributed by atoms with Gasteiger partial charge in [0.2, 0.25) is 0 Å². The summed E-state index contributed by atoms with van der Waals surface area (Å²) in [5.41, 5.74) is 1.19. The van der Waals surface area contributed by atoms with Gasteiger partial charge in [-0.1, -0.05) is 51.8 Å². The number of carbonyl (C=O) groups is 1. The normalized spacial score (nSPS) is 16.3.